The predicted molar refractivity (Wildman–Crippen MR) is 127 cm³/mol. The van der Waals surface area contributed by atoms with E-state index in [4.69, 9.17) is 0 Å². The zero-order chi connectivity index (χ0) is 24.5. The molecule has 10 heteroatoms. The molecule has 1 saturated heterocycles. The van der Waals surface area contributed by atoms with E-state index < -0.39 is 17.6 Å². The van der Waals surface area contributed by atoms with Crippen molar-refractivity contribution in [1.29, 1.82) is 0 Å². The van der Waals surface area contributed by atoms with Crippen LogP contribution in [-0.4, -0.2) is 41.2 Å². The van der Waals surface area contributed by atoms with Crippen molar-refractivity contribution < 1.29 is 22.8 Å². The Bertz CT molecular complexity index is 1180. The quantitative estimate of drug-likeness (QED) is 0.647. The Morgan fingerprint density at radius 2 is 1.85 bits per heavy atom. The molecule has 2 aliphatic heterocycles. The number of amides is 2. The number of anilines is 1. The van der Waals surface area contributed by atoms with Crippen LogP contribution in [0.4, 0.5) is 18.9 Å². The van der Waals surface area contributed by atoms with Gasteiger partial charge in [0.1, 0.15) is 0 Å². The van der Waals surface area contributed by atoms with Crippen molar-refractivity contribution in [1.82, 2.24) is 10.2 Å². The van der Waals surface area contributed by atoms with Crippen LogP contribution in [0, 0.1) is 0 Å². The molecule has 0 radical (unpaired) electrons. The highest BCUT2D eigenvalue weighted by Crippen LogP contribution is 2.40. The van der Waals surface area contributed by atoms with Crippen LogP contribution < -0.4 is 10.6 Å². The molecule has 2 aromatic rings. The smallest absolute Gasteiger partial charge is 0.355 e. The van der Waals surface area contributed by atoms with Crippen molar-refractivity contribution in [2.75, 3.05) is 24.7 Å². The Hall–Kier alpha value is -3.27. The lowest BCUT2D eigenvalue weighted by molar-refractivity contribution is -0.137. The lowest BCUT2D eigenvalue weighted by atomic mass is 9.93. The van der Waals surface area contributed by atoms with Crippen LogP contribution in [0.1, 0.15) is 40.9 Å². The fourth-order valence-electron chi connectivity index (χ4n) is 4.04. The van der Waals surface area contributed by atoms with Gasteiger partial charge in [-0.3, -0.25) is 9.59 Å². The summed E-state index contributed by atoms with van der Waals surface area (Å²) in [6, 6.07) is 10.8. The van der Waals surface area contributed by atoms with Crippen LogP contribution in [-0.2, 0) is 11.0 Å². The largest absolute Gasteiger partial charge is 0.416 e. The van der Waals surface area contributed by atoms with Gasteiger partial charge in [0.25, 0.3) is 11.8 Å². The number of nitrogens with one attached hydrogen (secondary N) is 2. The standard InChI is InChI=1S/C24H23F3N4O2S/c1-14-19(22(33)28-2)20(31-11-4-12-34-23(31)29-14)16-5-3-6-18(13-16)30-21(32)15-7-9-17(10-8-15)24(25,26)27/h3,5-10,13,20H,4,11-12H2,1-2H3,(H,28,33)(H,30,32). The van der Waals surface area contributed by atoms with Crippen LogP contribution >= 0.6 is 11.8 Å². The van der Waals surface area contributed by atoms with Crippen LogP contribution in [0.5, 0.6) is 0 Å². The number of hydrogen-bond donors (Lipinski definition) is 2. The minimum atomic E-state index is -4.47. The summed E-state index contributed by atoms with van der Waals surface area (Å²) in [5, 5.41) is 6.30. The molecular formula is C24H23F3N4O2S. The maximum Gasteiger partial charge on any atom is 0.416 e. The van der Waals surface area contributed by atoms with Gasteiger partial charge in [-0.1, -0.05) is 23.9 Å². The van der Waals surface area contributed by atoms with Crippen molar-refractivity contribution in [3.8, 4) is 0 Å². The zero-order valence-electron chi connectivity index (χ0n) is 18.6. The van der Waals surface area contributed by atoms with Crippen molar-refractivity contribution in [3.05, 3.63) is 76.5 Å². The van der Waals surface area contributed by atoms with Gasteiger partial charge in [-0.15, -0.1) is 0 Å². The van der Waals surface area contributed by atoms with E-state index in [1.165, 1.54) is 0 Å². The molecule has 34 heavy (non-hydrogen) atoms. The Kier molecular flexibility index (Phi) is 6.70. The Labute approximate surface area is 199 Å². The molecule has 1 unspecified atom stereocenters. The summed E-state index contributed by atoms with van der Waals surface area (Å²) in [5.74, 6) is 0.206. The molecule has 0 aromatic heterocycles. The van der Waals surface area contributed by atoms with E-state index in [-0.39, 0.29) is 17.5 Å². The van der Waals surface area contributed by atoms with Gasteiger partial charge in [0.05, 0.1) is 22.9 Å². The zero-order valence-corrected chi connectivity index (χ0v) is 19.4. The van der Waals surface area contributed by atoms with Gasteiger partial charge in [-0.2, -0.15) is 13.2 Å². The molecule has 2 N–H and O–H groups in total. The molecule has 1 fully saturated rings. The monoisotopic (exact) mass is 488 g/mol. The lowest BCUT2D eigenvalue weighted by Gasteiger charge is -2.40. The summed E-state index contributed by atoms with van der Waals surface area (Å²) in [4.78, 5) is 32.2. The van der Waals surface area contributed by atoms with Crippen LogP contribution in [0.25, 0.3) is 0 Å². The number of amidine groups is 1. The maximum atomic E-state index is 12.8. The topological polar surface area (TPSA) is 73.8 Å². The van der Waals surface area contributed by atoms with E-state index in [1.54, 1.807) is 37.0 Å². The summed E-state index contributed by atoms with van der Waals surface area (Å²) < 4.78 is 38.4. The van der Waals surface area contributed by atoms with Gasteiger partial charge < -0.3 is 15.5 Å². The van der Waals surface area contributed by atoms with Gasteiger partial charge in [0.15, 0.2) is 5.17 Å². The maximum absolute atomic E-state index is 12.8. The lowest BCUT2D eigenvalue weighted by Crippen LogP contribution is -2.43. The molecule has 0 bridgehead atoms. The van der Waals surface area contributed by atoms with E-state index in [1.807, 2.05) is 13.0 Å². The number of carbonyl (C=O) groups excluding carboxylic acids is 2. The number of rotatable bonds is 4. The molecule has 2 heterocycles. The molecular weight excluding hydrogens is 465 g/mol. The van der Waals surface area contributed by atoms with Crippen LogP contribution in [0.2, 0.25) is 0 Å². The third-order valence-electron chi connectivity index (χ3n) is 5.66. The van der Waals surface area contributed by atoms with E-state index in [9.17, 15) is 22.8 Å². The summed E-state index contributed by atoms with van der Waals surface area (Å²) >= 11 is 1.65. The second kappa shape index (κ2) is 9.54. The molecule has 0 aliphatic carbocycles. The van der Waals surface area contributed by atoms with Crippen molar-refractivity contribution >= 4 is 34.4 Å². The Morgan fingerprint density at radius 1 is 1.12 bits per heavy atom. The molecule has 2 aromatic carbocycles. The van der Waals surface area contributed by atoms with Crippen molar-refractivity contribution in [2.24, 2.45) is 4.99 Å². The number of halogens is 3. The summed E-state index contributed by atoms with van der Waals surface area (Å²) in [6.07, 6.45) is -3.52. The molecule has 0 spiro atoms. The number of carbonyl (C=O) groups is 2. The number of alkyl halides is 3. The first-order valence-electron chi connectivity index (χ1n) is 10.7. The van der Waals surface area contributed by atoms with Crippen LogP contribution in [0.15, 0.2) is 64.8 Å². The summed E-state index contributed by atoms with van der Waals surface area (Å²) in [5.41, 5.74) is 1.76. The average Bonchev–Trinajstić information content (AvgIpc) is 2.82. The second-order valence-corrected chi connectivity index (χ2v) is 8.99. The average molecular weight is 489 g/mol. The van der Waals surface area contributed by atoms with E-state index in [0.717, 1.165) is 53.7 Å². The first kappa shape index (κ1) is 23.9. The van der Waals surface area contributed by atoms with Gasteiger partial charge in [0.2, 0.25) is 0 Å². The molecule has 178 valence electrons. The summed E-state index contributed by atoms with van der Waals surface area (Å²) in [6.45, 7) is 2.56. The highest BCUT2D eigenvalue weighted by atomic mass is 32.2. The molecule has 2 amide bonds. The minimum absolute atomic E-state index is 0.111. The third kappa shape index (κ3) is 4.82. The van der Waals surface area contributed by atoms with Crippen molar-refractivity contribution in [2.45, 2.75) is 25.6 Å². The number of aliphatic imine (C=N–C) groups is 1. The number of fused-ring (bicyclic) bond motifs is 1. The van der Waals surface area contributed by atoms with Gasteiger partial charge in [-0.05, 0) is 55.3 Å². The number of thioether (sulfide) groups is 1. The Morgan fingerprint density at radius 3 is 2.53 bits per heavy atom. The van der Waals surface area contributed by atoms with Crippen molar-refractivity contribution in [3.63, 3.8) is 0 Å². The highest BCUT2D eigenvalue weighted by molar-refractivity contribution is 8.13. The van der Waals surface area contributed by atoms with Gasteiger partial charge in [0, 0.05) is 30.6 Å². The third-order valence-corrected chi connectivity index (χ3v) is 6.74. The van der Waals surface area contributed by atoms with E-state index in [2.05, 4.69) is 20.5 Å². The molecule has 4 rings (SSSR count). The van der Waals surface area contributed by atoms with E-state index in [0.29, 0.717) is 17.0 Å². The number of nitrogens with zero attached hydrogens (tertiary/aromatic N) is 2. The first-order valence-corrected chi connectivity index (χ1v) is 11.7. The molecule has 2 aliphatic rings. The normalized spacial score (nSPS) is 18.2. The molecule has 1 atom stereocenters. The fourth-order valence-corrected chi connectivity index (χ4v) is 5.06. The van der Waals surface area contributed by atoms with Gasteiger partial charge in [-0.25, -0.2) is 4.99 Å². The Balaban J connectivity index is 1.62. The molecule has 0 saturated carbocycles. The number of allylic oxidation sites excluding steroid dienone is 1. The number of hydrogen-bond acceptors (Lipinski definition) is 5. The number of likely N-dealkylation sites (N-methyl/N-ethyl adjacent to an activating group) is 1. The SMILES string of the molecule is CNC(=O)C1=C(C)N=C2SCCCN2C1c1cccc(NC(=O)c2ccc(C(F)(F)F)cc2)c1. The number of benzene rings is 2. The van der Waals surface area contributed by atoms with Crippen LogP contribution in [0.3, 0.4) is 0 Å². The first-order chi connectivity index (χ1) is 16.2. The molecule has 6 nitrogen and oxygen atoms in total. The summed E-state index contributed by atoms with van der Waals surface area (Å²) in [7, 11) is 1.57. The highest BCUT2D eigenvalue weighted by Gasteiger charge is 2.37. The van der Waals surface area contributed by atoms with Gasteiger partial charge >= 0.3 is 6.18 Å². The van der Waals surface area contributed by atoms with E-state index >= 15 is 0 Å². The fraction of sp³-hybridized carbons (Fsp3) is 0.292. The second-order valence-electron chi connectivity index (χ2n) is 7.93. The predicted octanol–water partition coefficient (Wildman–Crippen LogP) is 4.83. The minimum Gasteiger partial charge on any atom is -0.355 e.